The van der Waals surface area contributed by atoms with Gasteiger partial charge in [-0.2, -0.15) is 0 Å². The van der Waals surface area contributed by atoms with E-state index in [9.17, 15) is 9.59 Å². The average Bonchev–Trinajstić information content (AvgIpc) is 3.15. The van der Waals surface area contributed by atoms with Crippen LogP contribution in [0.1, 0.15) is 23.5 Å². The molecule has 6 heteroatoms. The monoisotopic (exact) mass is 386 g/mol. The molecule has 2 aromatic carbocycles. The van der Waals surface area contributed by atoms with Gasteiger partial charge in [-0.15, -0.1) is 0 Å². The molecule has 146 valence electrons. The Balaban J connectivity index is 1.39. The summed E-state index contributed by atoms with van der Waals surface area (Å²) in [4.78, 5) is 30.7. The number of carbonyl (C=O) groups excluding carboxylic acids is 2. The summed E-state index contributed by atoms with van der Waals surface area (Å²) in [6.07, 6.45) is 2.08. The van der Waals surface area contributed by atoms with Crippen molar-refractivity contribution in [2.24, 2.45) is 0 Å². The molecule has 0 aliphatic carbocycles. The Morgan fingerprint density at radius 1 is 1.03 bits per heavy atom. The molecule has 0 saturated carbocycles. The number of nitrogens with one attached hydrogen (secondary N) is 2. The molecule has 0 bridgehead atoms. The topological polar surface area (TPSA) is 74.3 Å². The van der Waals surface area contributed by atoms with Gasteiger partial charge in [0.05, 0.1) is 0 Å². The van der Waals surface area contributed by atoms with Gasteiger partial charge in [0.15, 0.2) is 0 Å². The lowest BCUT2D eigenvalue weighted by molar-refractivity contribution is -0.117. The van der Waals surface area contributed by atoms with Crippen LogP contribution in [0.15, 0.2) is 79.0 Å². The average molecular weight is 386 g/mol. The number of carbonyl (C=O) groups is 2. The van der Waals surface area contributed by atoms with Gasteiger partial charge in [-0.3, -0.25) is 10.1 Å². The van der Waals surface area contributed by atoms with Crippen LogP contribution in [0, 0.1) is 0 Å². The third-order valence-electron chi connectivity index (χ3n) is 4.99. The first-order valence-electron chi connectivity index (χ1n) is 9.59. The second kappa shape index (κ2) is 8.56. The number of urea groups is 1. The molecule has 1 aromatic heterocycles. The van der Waals surface area contributed by atoms with E-state index in [1.54, 1.807) is 23.2 Å². The fourth-order valence-corrected chi connectivity index (χ4v) is 3.50. The molecule has 6 nitrogen and oxygen atoms in total. The summed E-state index contributed by atoms with van der Waals surface area (Å²) < 4.78 is 0. The standard InChI is InChI=1S/C23H22N4O2/c28-22-13-19(18-9-5-2-6-10-18)16-27(22)20-11-12-24-21(14-20)26-23(29)25-15-17-7-3-1-4-8-17/h1-12,14,19H,13,15-16H2,(H2,24,25,26,29). The predicted molar refractivity (Wildman–Crippen MR) is 113 cm³/mol. The first-order valence-corrected chi connectivity index (χ1v) is 9.59. The van der Waals surface area contributed by atoms with E-state index in [2.05, 4.69) is 27.8 Å². The second-order valence-corrected chi connectivity index (χ2v) is 7.01. The van der Waals surface area contributed by atoms with Crippen molar-refractivity contribution >= 4 is 23.4 Å². The van der Waals surface area contributed by atoms with E-state index < -0.39 is 0 Å². The summed E-state index contributed by atoms with van der Waals surface area (Å²) >= 11 is 0. The van der Waals surface area contributed by atoms with Crippen LogP contribution in [-0.2, 0) is 11.3 Å². The molecule has 1 aliphatic heterocycles. The van der Waals surface area contributed by atoms with E-state index in [0.29, 0.717) is 25.3 Å². The van der Waals surface area contributed by atoms with Crippen LogP contribution < -0.4 is 15.5 Å². The molecule has 3 amide bonds. The number of benzene rings is 2. The SMILES string of the molecule is O=C(NCc1ccccc1)Nc1cc(N2CC(c3ccccc3)CC2=O)ccn1. The maximum atomic E-state index is 12.6. The Bertz CT molecular complexity index is 992. The predicted octanol–water partition coefficient (Wildman–Crippen LogP) is 3.92. The third-order valence-corrected chi connectivity index (χ3v) is 4.99. The first-order chi connectivity index (χ1) is 14.2. The first kappa shape index (κ1) is 18.7. The van der Waals surface area contributed by atoms with Crippen LogP contribution in [-0.4, -0.2) is 23.5 Å². The van der Waals surface area contributed by atoms with Crippen molar-refractivity contribution < 1.29 is 9.59 Å². The summed E-state index contributed by atoms with van der Waals surface area (Å²) in [5, 5.41) is 5.54. The van der Waals surface area contributed by atoms with Crippen LogP contribution in [0.3, 0.4) is 0 Å². The largest absolute Gasteiger partial charge is 0.334 e. The highest BCUT2D eigenvalue weighted by atomic mass is 16.2. The molecule has 2 heterocycles. The highest BCUT2D eigenvalue weighted by Gasteiger charge is 2.31. The van der Waals surface area contributed by atoms with E-state index in [0.717, 1.165) is 16.8 Å². The van der Waals surface area contributed by atoms with Crippen molar-refractivity contribution in [1.82, 2.24) is 10.3 Å². The number of rotatable bonds is 5. The maximum Gasteiger partial charge on any atom is 0.320 e. The maximum absolute atomic E-state index is 12.6. The number of hydrogen-bond acceptors (Lipinski definition) is 3. The normalized spacial score (nSPS) is 15.9. The summed E-state index contributed by atoms with van der Waals surface area (Å²) in [5.41, 5.74) is 2.91. The van der Waals surface area contributed by atoms with Crippen molar-refractivity contribution in [3.63, 3.8) is 0 Å². The van der Waals surface area contributed by atoms with Crippen LogP contribution in [0.25, 0.3) is 0 Å². The molecule has 2 N–H and O–H groups in total. The molecule has 1 aliphatic rings. The third kappa shape index (κ3) is 4.60. The van der Waals surface area contributed by atoms with Crippen molar-refractivity contribution in [2.45, 2.75) is 18.9 Å². The molecule has 0 spiro atoms. The minimum Gasteiger partial charge on any atom is -0.334 e. The van der Waals surface area contributed by atoms with Gasteiger partial charge in [-0.1, -0.05) is 60.7 Å². The summed E-state index contributed by atoms with van der Waals surface area (Å²) in [7, 11) is 0. The van der Waals surface area contributed by atoms with Crippen LogP contribution >= 0.6 is 0 Å². The molecule has 29 heavy (non-hydrogen) atoms. The Hall–Kier alpha value is -3.67. The number of hydrogen-bond donors (Lipinski definition) is 2. The van der Waals surface area contributed by atoms with Crippen molar-refractivity contribution in [2.75, 3.05) is 16.8 Å². The highest BCUT2D eigenvalue weighted by molar-refractivity contribution is 5.97. The van der Waals surface area contributed by atoms with Gasteiger partial charge in [-0.05, 0) is 17.2 Å². The Morgan fingerprint density at radius 3 is 2.52 bits per heavy atom. The molecule has 0 radical (unpaired) electrons. The number of amides is 3. The lowest BCUT2D eigenvalue weighted by Crippen LogP contribution is -2.29. The minimum atomic E-state index is -0.339. The van der Waals surface area contributed by atoms with Gasteiger partial charge in [0.25, 0.3) is 0 Å². The fraction of sp³-hybridized carbons (Fsp3) is 0.174. The number of pyridine rings is 1. The van der Waals surface area contributed by atoms with Crippen molar-refractivity contribution in [3.8, 4) is 0 Å². The Morgan fingerprint density at radius 2 is 1.76 bits per heavy atom. The highest BCUT2D eigenvalue weighted by Crippen LogP contribution is 2.32. The van der Waals surface area contributed by atoms with E-state index in [4.69, 9.17) is 0 Å². The van der Waals surface area contributed by atoms with Gasteiger partial charge in [-0.25, -0.2) is 9.78 Å². The van der Waals surface area contributed by atoms with Gasteiger partial charge >= 0.3 is 6.03 Å². The van der Waals surface area contributed by atoms with Gasteiger partial charge in [0.1, 0.15) is 5.82 Å². The van der Waals surface area contributed by atoms with Gasteiger partial charge in [0.2, 0.25) is 5.91 Å². The summed E-state index contributed by atoms with van der Waals surface area (Å²) in [6.45, 7) is 1.04. The quantitative estimate of drug-likeness (QED) is 0.698. The lowest BCUT2D eigenvalue weighted by Gasteiger charge is -2.18. The van der Waals surface area contributed by atoms with E-state index in [-0.39, 0.29) is 17.9 Å². The van der Waals surface area contributed by atoms with Crippen LogP contribution in [0.2, 0.25) is 0 Å². The molecule has 3 aromatic rings. The number of aromatic nitrogens is 1. The van der Waals surface area contributed by atoms with Gasteiger partial charge in [0, 0.05) is 43.4 Å². The molecular weight excluding hydrogens is 364 g/mol. The second-order valence-electron chi connectivity index (χ2n) is 7.01. The molecule has 1 atom stereocenters. The van der Waals surface area contributed by atoms with Crippen molar-refractivity contribution in [1.29, 1.82) is 0 Å². The number of anilines is 2. The van der Waals surface area contributed by atoms with Crippen molar-refractivity contribution in [3.05, 3.63) is 90.1 Å². The molecular formula is C23H22N4O2. The smallest absolute Gasteiger partial charge is 0.320 e. The zero-order chi connectivity index (χ0) is 20.1. The van der Waals surface area contributed by atoms with E-state index >= 15 is 0 Å². The fourth-order valence-electron chi connectivity index (χ4n) is 3.50. The zero-order valence-corrected chi connectivity index (χ0v) is 15.9. The molecule has 1 unspecified atom stereocenters. The number of nitrogens with zero attached hydrogens (tertiary/aromatic N) is 2. The molecule has 1 saturated heterocycles. The van der Waals surface area contributed by atoms with Crippen LogP contribution in [0.5, 0.6) is 0 Å². The van der Waals surface area contributed by atoms with Crippen LogP contribution in [0.4, 0.5) is 16.3 Å². The summed E-state index contributed by atoms with van der Waals surface area (Å²) in [5.74, 6) is 0.649. The van der Waals surface area contributed by atoms with E-state index in [1.165, 1.54) is 0 Å². The van der Waals surface area contributed by atoms with Gasteiger partial charge < -0.3 is 10.2 Å². The molecule has 1 fully saturated rings. The lowest BCUT2D eigenvalue weighted by atomic mass is 9.99. The Kier molecular flexibility index (Phi) is 5.52. The van der Waals surface area contributed by atoms with E-state index in [1.807, 2.05) is 48.5 Å². The zero-order valence-electron chi connectivity index (χ0n) is 15.9. The molecule has 4 rings (SSSR count). The minimum absolute atomic E-state index is 0.0736. The Labute approximate surface area is 169 Å². The summed E-state index contributed by atoms with van der Waals surface area (Å²) in [6, 6.07) is 22.9.